The van der Waals surface area contributed by atoms with E-state index in [4.69, 9.17) is 9.47 Å². The van der Waals surface area contributed by atoms with Gasteiger partial charge in [-0.25, -0.2) is 10.9 Å². The molecule has 1 amide bonds. The maximum Gasteiger partial charge on any atom is 0.238 e. The van der Waals surface area contributed by atoms with Crippen LogP contribution in [0.15, 0.2) is 18.2 Å². The van der Waals surface area contributed by atoms with Gasteiger partial charge in [-0.1, -0.05) is 6.07 Å². The van der Waals surface area contributed by atoms with Gasteiger partial charge in [-0.15, -0.1) is 0 Å². The van der Waals surface area contributed by atoms with Crippen LogP contribution in [0.2, 0.25) is 0 Å². The van der Waals surface area contributed by atoms with Crippen LogP contribution < -0.4 is 25.6 Å². The molecule has 0 bridgehead atoms. The fourth-order valence-corrected chi connectivity index (χ4v) is 3.49. The van der Waals surface area contributed by atoms with Crippen molar-refractivity contribution in [1.82, 2.24) is 25.9 Å². The van der Waals surface area contributed by atoms with E-state index >= 15 is 0 Å². The lowest BCUT2D eigenvalue weighted by Crippen LogP contribution is -2.44. The minimum Gasteiger partial charge on any atom is -0.454 e. The Kier molecular flexibility index (Phi) is 4.75. The number of hydrogen-bond donors (Lipinski definition) is 3. The van der Waals surface area contributed by atoms with E-state index in [1.807, 2.05) is 29.8 Å². The Morgan fingerprint density at radius 3 is 2.85 bits per heavy atom. The zero-order chi connectivity index (χ0) is 19.0. The van der Waals surface area contributed by atoms with Gasteiger partial charge >= 0.3 is 0 Å². The van der Waals surface area contributed by atoms with E-state index in [1.54, 1.807) is 0 Å². The lowest BCUT2D eigenvalue weighted by Gasteiger charge is -2.12. The highest BCUT2D eigenvalue weighted by Crippen LogP contribution is 2.35. The van der Waals surface area contributed by atoms with E-state index in [2.05, 4.69) is 35.1 Å². The normalized spacial score (nSPS) is 20.9. The first-order chi connectivity index (χ1) is 13.0. The van der Waals surface area contributed by atoms with E-state index in [1.165, 1.54) is 5.56 Å². The second-order valence-corrected chi connectivity index (χ2v) is 7.05. The van der Waals surface area contributed by atoms with Gasteiger partial charge in [0, 0.05) is 18.3 Å². The Hall–Kier alpha value is -2.58. The third kappa shape index (κ3) is 3.50. The second kappa shape index (κ2) is 7.21. The van der Waals surface area contributed by atoms with Crippen molar-refractivity contribution in [2.45, 2.75) is 45.8 Å². The molecule has 8 heteroatoms. The number of hydrogen-bond acceptors (Lipinski definition) is 6. The standard InChI is InChI=1S/C19H25N5O3/c1-11-12(2)23-24(13(11)3)7-6-20-19(25)16-9-15(21-22-16)14-4-5-17-18(8-14)27-10-26-17/h4-5,8,15-16,21-22H,6-7,9-10H2,1-3H3,(H,20,25). The molecule has 0 saturated carbocycles. The number of fused-ring (bicyclic) bond motifs is 1. The van der Waals surface area contributed by atoms with E-state index in [-0.39, 0.29) is 24.8 Å². The predicted octanol–water partition coefficient (Wildman–Crippen LogP) is 1.26. The molecular formula is C19H25N5O3. The van der Waals surface area contributed by atoms with Gasteiger partial charge in [-0.05, 0) is 50.5 Å². The molecule has 4 rings (SSSR count). The summed E-state index contributed by atoms with van der Waals surface area (Å²) in [7, 11) is 0. The highest BCUT2D eigenvalue weighted by atomic mass is 16.7. The monoisotopic (exact) mass is 371 g/mol. The smallest absolute Gasteiger partial charge is 0.238 e. The molecule has 0 radical (unpaired) electrons. The summed E-state index contributed by atoms with van der Waals surface area (Å²) < 4.78 is 12.7. The minimum absolute atomic E-state index is 0.0102. The average molecular weight is 371 g/mol. The average Bonchev–Trinajstić information content (AvgIpc) is 3.38. The van der Waals surface area contributed by atoms with Crippen molar-refractivity contribution in [3.63, 3.8) is 0 Å². The molecule has 0 aliphatic carbocycles. The number of ether oxygens (including phenoxy) is 2. The first kappa shape index (κ1) is 17.8. The number of rotatable bonds is 5. The fraction of sp³-hybridized carbons (Fsp3) is 0.474. The van der Waals surface area contributed by atoms with Gasteiger partial charge in [0.25, 0.3) is 0 Å². The lowest BCUT2D eigenvalue weighted by molar-refractivity contribution is -0.122. The van der Waals surface area contributed by atoms with Crippen LogP contribution in [0.1, 0.15) is 35.0 Å². The number of amides is 1. The molecule has 3 N–H and O–H groups in total. The number of carbonyl (C=O) groups is 1. The summed E-state index contributed by atoms with van der Waals surface area (Å²) in [6.45, 7) is 7.59. The lowest BCUT2D eigenvalue weighted by atomic mass is 10.0. The molecular weight excluding hydrogens is 346 g/mol. The molecule has 1 aromatic carbocycles. The molecule has 2 aromatic rings. The van der Waals surface area contributed by atoms with Gasteiger partial charge in [-0.3, -0.25) is 9.48 Å². The van der Waals surface area contributed by atoms with E-state index < -0.39 is 0 Å². The summed E-state index contributed by atoms with van der Waals surface area (Å²) in [6, 6.07) is 5.64. The maximum atomic E-state index is 12.5. The summed E-state index contributed by atoms with van der Waals surface area (Å²) >= 11 is 0. The Morgan fingerprint density at radius 1 is 1.26 bits per heavy atom. The largest absolute Gasteiger partial charge is 0.454 e. The van der Waals surface area contributed by atoms with Gasteiger partial charge in [-0.2, -0.15) is 5.10 Å². The van der Waals surface area contributed by atoms with Crippen molar-refractivity contribution in [3.05, 3.63) is 40.7 Å². The second-order valence-electron chi connectivity index (χ2n) is 7.05. The quantitative estimate of drug-likeness (QED) is 0.733. The zero-order valence-corrected chi connectivity index (χ0v) is 15.8. The Balaban J connectivity index is 1.29. The van der Waals surface area contributed by atoms with E-state index in [0.717, 1.165) is 28.5 Å². The van der Waals surface area contributed by atoms with Crippen LogP contribution in [0.25, 0.3) is 0 Å². The summed E-state index contributed by atoms with van der Waals surface area (Å²) in [6.07, 6.45) is 0.671. The highest BCUT2D eigenvalue weighted by molar-refractivity contribution is 5.82. The van der Waals surface area contributed by atoms with Crippen molar-refractivity contribution in [1.29, 1.82) is 0 Å². The number of benzene rings is 1. The number of carbonyl (C=O) groups excluding carboxylic acids is 1. The SMILES string of the molecule is Cc1nn(CCNC(=O)C2CC(c3ccc4c(c3)OCO4)NN2)c(C)c1C. The van der Waals surface area contributed by atoms with Crippen LogP contribution in [-0.2, 0) is 11.3 Å². The van der Waals surface area contributed by atoms with Crippen molar-refractivity contribution in [3.8, 4) is 11.5 Å². The number of hydrazine groups is 1. The highest BCUT2D eigenvalue weighted by Gasteiger charge is 2.30. The summed E-state index contributed by atoms with van der Waals surface area (Å²) in [4.78, 5) is 12.5. The topological polar surface area (TPSA) is 89.4 Å². The van der Waals surface area contributed by atoms with Gasteiger partial charge in [0.15, 0.2) is 11.5 Å². The summed E-state index contributed by atoms with van der Waals surface area (Å²) in [5.41, 5.74) is 10.7. The third-order valence-electron chi connectivity index (χ3n) is 5.38. The van der Waals surface area contributed by atoms with Crippen LogP contribution in [0, 0.1) is 20.8 Å². The molecule has 1 fully saturated rings. The van der Waals surface area contributed by atoms with Crippen LogP contribution in [-0.4, -0.2) is 35.1 Å². The Labute approximate surface area is 158 Å². The van der Waals surface area contributed by atoms with Gasteiger partial charge < -0.3 is 14.8 Å². The first-order valence-electron chi connectivity index (χ1n) is 9.22. The molecule has 2 unspecified atom stereocenters. The van der Waals surface area contributed by atoms with Crippen LogP contribution in [0.4, 0.5) is 0 Å². The van der Waals surface area contributed by atoms with Crippen LogP contribution in [0.5, 0.6) is 11.5 Å². The fourth-order valence-electron chi connectivity index (χ4n) is 3.49. The van der Waals surface area contributed by atoms with Crippen molar-refractivity contribution in [2.75, 3.05) is 13.3 Å². The molecule has 2 aliphatic rings. The molecule has 2 aliphatic heterocycles. The first-order valence-corrected chi connectivity index (χ1v) is 9.22. The van der Waals surface area contributed by atoms with Crippen LogP contribution >= 0.6 is 0 Å². The molecule has 3 heterocycles. The van der Waals surface area contributed by atoms with Crippen molar-refractivity contribution in [2.24, 2.45) is 0 Å². The molecule has 8 nitrogen and oxygen atoms in total. The molecule has 27 heavy (non-hydrogen) atoms. The minimum atomic E-state index is -0.275. The summed E-state index contributed by atoms with van der Waals surface area (Å²) in [5, 5.41) is 7.50. The van der Waals surface area contributed by atoms with Crippen LogP contribution in [0.3, 0.4) is 0 Å². The predicted molar refractivity (Wildman–Crippen MR) is 99.4 cm³/mol. The third-order valence-corrected chi connectivity index (χ3v) is 5.38. The van der Waals surface area contributed by atoms with E-state index in [9.17, 15) is 4.79 Å². The van der Waals surface area contributed by atoms with Crippen molar-refractivity contribution < 1.29 is 14.3 Å². The van der Waals surface area contributed by atoms with Gasteiger partial charge in [0.1, 0.15) is 6.04 Å². The molecule has 1 aromatic heterocycles. The molecule has 2 atom stereocenters. The van der Waals surface area contributed by atoms with Gasteiger partial charge in [0.2, 0.25) is 12.7 Å². The molecule has 144 valence electrons. The zero-order valence-electron chi connectivity index (χ0n) is 15.8. The maximum absolute atomic E-state index is 12.5. The molecule has 1 saturated heterocycles. The Morgan fingerprint density at radius 2 is 2.07 bits per heavy atom. The van der Waals surface area contributed by atoms with E-state index in [0.29, 0.717) is 19.5 Å². The number of aryl methyl sites for hydroxylation is 1. The van der Waals surface area contributed by atoms with Crippen molar-refractivity contribution >= 4 is 5.91 Å². The summed E-state index contributed by atoms with van der Waals surface area (Å²) in [5.74, 6) is 1.50. The number of nitrogens with zero attached hydrogens (tertiary/aromatic N) is 2. The number of nitrogens with one attached hydrogen (secondary N) is 3. The Bertz CT molecular complexity index is 863. The van der Waals surface area contributed by atoms with Gasteiger partial charge in [0.05, 0.1) is 12.2 Å². The molecule has 0 spiro atoms. The number of aromatic nitrogens is 2.